The van der Waals surface area contributed by atoms with Gasteiger partial charge in [0.15, 0.2) is 0 Å². The summed E-state index contributed by atoms with van der Waals surface area (Å²) in [6.07, 6.45) is 0.842. The molecule has 0 radical (unpaired) electrons. The minimum absolute atomic E-state index is 0.174. The molecule has 27 heavy (non-hydrogen) atoms. The summed E-state index contributed by atoms with van der Waals surface area (Å²) in [5.74, 6) is -0.351. The van der Waals surface area contributed by atoms with E-state index in [-0.39, 0.29) is 11.8 Å². The van der Waals surface area contributed by atoms with Crippen LogP contribution in [-0.2, 0) is 6.42 Å². The maximum atomic E-state index is 12.8. The standard InChI is InChI=1S/C22H23N3O2/c1-5-20-15(3)24-25(16(20)4)22(27)17-9-11-19(12-10-17)23-21(26)18-8-6-7-14(2)13-18/h6-13H,5H2,1-4H3,(H,23,26). The van der Waals surface area contributed by atoms with E-state index in [9.17, 15) is 9.59 Å². The molecule has 5 heteroatoms. The molecule has 1 amide bonds. The molecule has 0 aliphatic heterocycles. The number of nitrogens with one attached hydrogen (secondary N) is 1. The molecular formula is C22H23N3O2. The Hall–Kier alpha value is -3.21. The van der Waals surface area contributed by atoms with Crippen LogP contribution in [0.3, 0.4) is 0 Å². The number of amides is 1. The SMILES string of the molecule is CCc1c(C)nn(C(=O)c2ccc(NC(=O)c3cccc(C)c3)cc2)c1C. The summed E-state index contributed by atoms with van der Waals surface area (Å²) in [5, 5.41) is 7.23. The number of hydrogen-bond acceptors (Lipinski definition) is 3. The van der Waals surface area contributed by atoms with Gasteiger partial charge in [0.1, 0.15) is 0 Å². The molecule has 3 aromatic rings. The maximum Gasteiger partial charge on any atom is 0.278 e. The number of carbonyl (C=O) groups is 2. The molecule has 0 unspecified atom stereocenters. The summed E-state index contributed by atoms with van der Waals surface area (Å²) in [5.41, 5.74) is 5.65. The summed E-state index contributed by atoms with van der Waals surface area (Å²) in [7, 11) is 0. The predicted molar refractivity (Wildman–Crippen MR) is 106 cm³/mol. The number of nitrogens with zero attached hydrogens (tertiary/aromatic N) is 2. The van der Waals surface area contributed by atoms with Crippen LogP contribution in [0.4, 0.5) is 5.69 Å². The number of benzene rings is 2. The predicted octanol–water partition coefficient (Wildman–Crippen LogP) is 4.31. The van der Waals surface area contributed by atoms with E-state index in [0.29, 0.717) is 16.8 Å². The van der Waals surface area contributed by atoms with E-state index in [0.717, 1.165) is 28.9 Å². The van der Waals surface area contributed by atoms with E-state index in [1.165, 1.54) is 4.68 Å². The molecule has 0 aliphatic carbocycles. The van der Waals surface area contributed by atoms with Crippen molar-refractivity contribution in [3.8, 4) is 0 Å². The van der Waals surface area contributed by atoms with Crippen molar-refractivity contribution in [1.82, 2.24) is 9.78 Å². The van der Waals surface area contributed by atoms with Gasteiger partial charge in [0, 0.05) is 22.5 Å². The largest absolute Gasteiger partial charge is 0.322 e. The first-order valence-electron chi connectivity index (χ1n) is 8.98. The molecule has 0 fully saturated rings. The highest BCUT2D eigenvalue weighted by atomic mass is 16.2. The molecule has 0 saturated heterocycles. The van der Waals surface area contributed by atoms with Gasteiger partial charge in [-0.3, -0.25) is 9.59 Å². The summed E-state index contributed by atoms with van der Waals surface area (Å²) in [4.78, 5) is 25.1. The third kappa shape index (κ3) is 3.82. The van der Waals surface area contributed by atoms with Gasteiger partial charge >= 0.3 is 0 Å². The zero-order valence-electron chi connectivity index (χ0n) is 16.0. The van der Waals surface area contributed by atoms with Crippen molar-refractivity contribution in [3.05, 3.63) is 82.2 Å². The first-order valence-corrected chi connectivity index (χ1v) is 8.98. The summed E-state index contributed by atoms with van der Waals surface area (Å²) >= 11 is 0. The van der Waals surface area contributed by atoms with Gasteiger partial charge in [0.2, 0.25) is 0 Å². The zero-order valence-corrected chi connectivity index (χ0v) is 16.0. The van der Waals surface area contributed by atoms with Crippen LogP contribution in [-0.4, -0.2) is 21.6 Å². The fourth-order valence-corrected chi connectivity index (χ4v) is 3.19. The van der Waals surface area contributed by atoms with Gasteiger partial charge in [0.05, 0.1) is 5.69 Å². The Bertz CT molecular complexity index is 1000. The number of aryl methyl sites for hydroxylation is 2. The highest BCUT2D eigenvalue weighted by molar-refractivity contribution is 6.04. The van der Waals surface area contributed by atoms with E-state index < -0.39 is 0 Å². The van der Waals surface area contributed by atoms with Crippen molar-refractivity contribution < 1.29 is 9.59 Å². The molecular weight excluding hydrogens is 338 g/mol. The van der Waals surface area contributed by atoms with Gasteiger partial charge in [-0.2, -0.15) is 5.10 Å². The Morgan fingerprint density at radius 1 is 1.00 bits per heavy atom. The van der Waals surface area contributed by atoms with Crippen LogP contribution in [0, 0.1) is 20.8 Å². The van der Waals surface area contributed by atoms with E-state index in [4.69, 9.17) is 0 Å². The van der Waals surface area contributed by atoms with Crippen molar-refractivity contribution in [3.63, 3.8) is 0 Å². The quantitative estimate of drug-likeness (QED) is 0.753. The van der Waals surface area contributed by atoms with E-state index in [2.05, 4.69) is 17.3 Å². The second-order valence-corrected chi connectivity index (χ2v) is 6.62. The zero-order chi connectivity index (χ0) is 19.6. The fourth-order valence-electron chi connectivity index (χ4n) is 3.19. The Kier molecular flexibility index (Phi) is 5.21. The molecule has 0 saturated carbocycles. The van der Waals surface area contributed by atoms with Crippen LogP contribution in [0.25, 0.3) is 0 Å². The van der Waals surface area contributed by atoms with Crippen molar-refractivity contribution in [2.24, 2.45) is 0 Å². The lowest BCUT2D eigenvalue weighted by Crippen LogP contribution is -2.16. The summed E-state index contributed by atoms with van der Waals surface area (Å²) in [6, 6.07) is 14.3. The van der Waals surface area contributed by atoms with Crippen molar-refractivity contribution >= 4 is 17.5 Å². The van der Waals surface area contributed by atoms with Gasteiger partial charge < -0.3 is 5.32 Å². The third-order valence-electron chi connectivity index (χ3n) is 4.66. The van der Waals surface area contributed by atoms with Gasteiger partial charge in [-0.05, 0) is 69.2 Å². The van der Waals surface area contributed by atoms with E-state index >= 15 is 0 Å². The minimum Gasteiger partial charge on any atom is -0.322 e. The maximum absolute atomic E-state index is 12.8. The van der Waals surface area contributed by atoms with Gasteiger partial charge in [-0.1, -0.05) is 24.6 Å². The molecule has 1 heterocycles. The Labute approximate surface area is 159 Å². The van der Waals surface area contributed by atoms with Crippen LogP contribution in [0.1, 0.15) is 50.2 Å². The molecule has 2 aromatic carbocycles. The van der Waals surface area contributed by atoms with E-state index in [1.807, 2.05) is 39.0 Å². The van der Waals surface area contributed by atoms with E-state index in [1.54, 1.807) is 30.3 Å². The molecule has 0 bridgehead atoms. The normalized spacial score (nSPS) is 10.7. The molecule has 138 valence electrons. The molecule has 1 N–H and O–H groups in total. The minimum atomic E-state index is -0.177. The average molecular weight is 361 g/mol. The molecule has 0 aliphatic rings. The van der Waals surface area contributed by atoms with Crippen LogP contribution < -0.4 is 5.32 Å². The van der Waals surface area contributed by atoms with Crippen molar-refractivity contribution in [2.75, 3.05) is 5.32 Å². The molecule has 3 rings (SSSR count). The Morgan fingerprint density at radius 2 is 1.70 bits per heavy atom. The second-order valence-electron chi connectivity index (χ2n) is 6.62. The molecule has 0 spiro atoms. The highest BCUT2D eigenvalue weighted by Gasteiger charge is 2.17. The van der Waals surface area contributed by atoms with Crippen molar-refractivity contribution in [1.29, 1.82) is 0 Å². The lowest BCUT2D eigenvalue weighted by molar-refractivity contribution is 0.0941. The van der Waals surface area contributed by atoms with Gasteiger partial charge in [0.25, 0.3) is 11.8 Å². The first-order chi connectivity index (χ1) is 12.9. The third-order valence-corrected chi connectivity index (χ3v) is 4.66. The lowest BCUT2D eigenvalue weighted by Gasteiger charge is -2.08. The number of anilines is 1. The number of carbonyl (C=O) groups excluding carboxylic acids is 2. The monoisotopic (exact) mass is 361 g/mol. The average Bonchev–Trinajstić information content (AvgIpc) is 2.95. The fraction of sp³-hybridized carbons (Fsp3) is 0.227. The highest BCUT2D eigenvalue weighted by Crippen LogP contribution is 2.17. The summed E-state index contributed by atoms with van der Waals surface area (Å²) < 4.78 is 1.45. The number of aromatic nitrogens is 2. The van der Waals surface area contributed by atoms with Gasteiger partial charge in [-0.25, -0.2) is 4.68 Å². The van der Waals surface area contributed by atoms with Crippen LogP contribution in [0.15, 0.2) is 48.5 Å². The number of hydrogen-bond donors (Lipinski definition) is 1. The topological polar surface area (TPSA) is 64.0 Å². The Balaban J connectivity index is 1.77. The Morgan fingerprint density at radius 3 is 2.30 bits per heavy atom. The van der Waals surface area contributed by atoms with Crippen LogP contribution >= 0.6 is 0 Å². The molecule has 5 nitrogen and oxygen atoms in total. The summed E-state index contributed by atoms with van der Waals surface area (Å²) in [6.45, 7) is 7.82. The van der Waals surface area contributed by atoms with Crippen molar-refractivity contribution in [2.45, 2.75) is 34.1 Å². The van der Waals surface area contributed by atoms with Crippen LogP contribution in [0.2, 0.25) is 0 Å². The number of rotatable bonds is 4. The molecule has 0 atom stereocenters. The van der Waals surface area contributed by atoms with Gasteiger partial charge in [-0.15, -0.1) is 0 Å². The molecule has 1 aromatic heterocycles. The second kappa shape index (κ2) is 7.58. The lowest BCUT2D eigenvalue weighted by atomic mass is 10.1. The van der Waals surface area contributed by atoms with Crippen LogP contribution in [0.5, 0.6) is 0 Å². The smallest absolute Gasteiger partial charge is 0.278 e. The first kappa shape index (κ1) is 18.6.